The lowest BCUT2D eigenvalue weighted by Gasteiger charge is -2.40. The Morgan fingerprint density at radius 3 is 2.50 bits per heavy atom. The molecule has 0 aromatic heterocycles. The lowest BCUT2D eigenvalue weighted by atomic mass is 9.80. The van der Waals surface area contributed by atoms with Gasteiger partial charge in [-0.1, -0.05) is 0 Å². The maximum Gasteiger partial charge on any atom is 0.211 e. The molecule has 1 aliphatic rings. The summed E-state index contributed by atoms with van der Waals surface area (Å²) in [7, 11) is -1.59. The van der Waals surface area contributed by atoms with Crippen LogP contribution in [0.4, 0.5) is 0 Å². The third-order valence-corrected chi connectivity index (χ3v) is 4.54. The van der Waals surface area contributed by atoms with Crippen molar-refractivity contribution in [2.45, 2.75) is 37.7 Å². The molecule has 0 aromatic rings. The largest absolute Gasteiger partial charge is 0.396 e. The highest BCUT2D eigenvalue weighted by atomic mass is 32.2. The van der Waals surface area contributed by atoms with E-state index in [9.17, 15) is 8.42 Å². The highest BCUT2D eigenvalue weighted by Crippen LogP contribution is 2.34. The third-order valence-electron chi connectivity index (χ3n) is 3.13. The molecule has 0 amide bonds. The lowest BCUT2D eigenvalue weighted by molar-refractivity contribution is -0.0659. The van der Waals surface area contributed by atoms with Gasteiger partial charge in [0, 0.05) is 20.3 Å². The summed E-state index contributed by atoms with van der Waals surface area (Å²) < 4.78 is 31.0. The van der Waals surface area contributed by atoms with Crippen molar-refractivity contribution in [2.24, 2.45) is 0 Å². The summed E-state index contributed by atoms with van der Waals surface area (Å²) in [6, 6.07) is 0. The number of rotatable bonds is 8. The summed E-state index contributed by atoms with van der Waals surface area (Å²) in [6.07, 6.45) is 3.95. The quantitative estimate of drug-likeness (QED) is 0.606. The van der Waals surface area contributed by atoms with Crippen LogP contribution in [0.5, 0.6) is 0 Å². The number of nitrogens with one attached hydrogen (secondary N) is 1. The molecule has 1 fully saturated rings. The normalized spacial score (nSPS) is 19.4. The van der Waals surface area contributed by atoms with E-state index < -0.39 is 10.0 Å². The first kappa shape index (κ1) is 13.9. The Bertz CT molecular complexity index is 292. The van der Waals surface area contributed by atoms with E-state index in [4.69, 9.17) is 9.84 Å². The topological polar surface area (TPSA) is 75.6 Å². The van der Waals surface area contributed by atoms with Crippen molar-refractivity contribution >= 4 is 10.0 Å². The van der Waals surface area contributed by atoms with Crippen LogP contribution in [0, 0.1) is 0 Å². The Morgan fingerprint density at radius 1 is 1.38 bits per heavy atom. The van der Waals surface area contributed by atoms with Gasteiger partial charge in [-0.25, -0.2) is 13.1 Å². The molecule has 6 heteroatoms. The van der Waals surface area contributed by atoms with Gasteiger partial charge >= 0.3 is 0 Å². The predicted octanol–water partition coefficient (Wildman–Crippen LogP) is 0.247. The summed E-state index contributed by atoms with van der Waals surface area (Å²) in [6.45, 7) is 0.405. The number of aliphatic hydroxyl groups is 1. The molecule has 0 radical (unpaired) electrons. The van der Waals surface area contributed by atoms with E-state index in [1.807, 2.05) is 0 Å². The Morgan fingerprint density at radius 2 is 2.06 bits per heavy atom. The fourth-order valence-corrected chi connectivity index (χ4v) is 2.95. The molecular weight excluding hydrogens is 230 g/mol. The molecule has 0 atom stereocenters. The van der Waals surface area contributed by atoms with Crippen molar-refractivity contribution in [1.29, 1.82) is 0 Å². The van der Waals surface area contributed by atoms with Crippen LogP contribution in [-0.2, 0) is 14.8 Å². The zero-order chi connectivity index (χ0) is 12.1. The Kier molecular flexibility index (Phi) is 5.17. The molecule has 1 saturated carbocycles. The number of aliphatic hydroxyl groups excluding tert-OH is 1. The van der Waals surface area contributed by atoms with Gasteiger partial charge in [-0.15, -0.1) is 0 Å². The number of ether oxygens (including phenoxy) is 1. The summed E-state index contributed by atoms with van der Waals surface area (Å²) in [5.74, 6) is 0.0767. The number of sulfonamides is 1. The molecule has 96 valence electrons. The fraction of sp³-hybridized carbons (Fsp3) is 1.00. The average molecular weight is 251 g/mol. The standard InChI is InChI=1S/C10H21NO4S/c1-15-10(5-4-6-10)9-11-16(13,14)8-3-2-7-12/h11-12H,2-9H2,1H3. The van der Waals surface area contributed by atoms with Crippen LogP contribution in [0.25, 0.3) is 0 Å². The maximum atomic E-state index is 11.6. The number of unbranched alkanes of at least 4 members (excludes halogenated alkanes) is 1. The maximum absolute atomic E-state index is 11.6. The van der Waals surface area contributed by atoms with Gasteiger partial charge in [-0.2, -0.15) is 0 Å². The monoisotopic (exact) mass is 251 g/mol. The molecule has 0 unspecified atom stereocenters. The van der Waals surface area contributed by atoms with Crippen molar-refractivity contribution in [3.05, 3.63) is 0 Å². The van der Waals surface area contributed by atoms with Gasteiger partial charge < -0.3 is 9.84 Å². The van der Waals surface area contributed by atoms with Crippen molar-refractivity contribution in [1.82, 2.24) is 4.72 Å². The molecule has 1 rings (SSSR count). The van der Waals surface area contributed by atoms with Crippen LogP contribution >= 0.6 is 0 Å². The van der Waals surface area contributed by atoms with Gasteiger partial charge in [0.05, 0.1) is 11.4 Å². The Labute approximate surface area is 97.2 Å². The van der Waals surface area contributed by atoms with Crippen molar-refractivity contribution in [2.75, 3.05) is 26.0 Å². The minimum Gasteiger partial charge on any atom is -0.396 e. The third kappa shape index (κ3) is 4.01. The van der Waals surface area contributed by atoms with Crippen molar-refractivity contribution < 1.29 is 18.3 Å². The second kappa shape index (κ2) is 5.95. The summed E-state index contributed by atoms with van der Waals surface area (Å²) in [4.78, 5) is 0. The van der Waals surface area contributed by atoms with E-state index in [1.165, 1.54) is 0 Å². The van der Waals surface area contributed by atoms with Crippen LogP contribution in [0.1, 0.15) is 32.1 Å². The first-order valence-corrected chi connectivity index (χ1v) is 7.32. The van der Waals surface area contributed by atoms with Crippen molar-refractivity contribution in [3.63, 3.8) is 0 Å². The summed E-state index contributed by atoms with van der Waals surface area (Å²) >= 11 is 0. The summed E-state index contributed by atoms with van der Waals surface area (Å²) in [5, 5.41) is 8.57. The molecule has 0 saturated heterocycles. The van der Waals surface area contributed by atoms with E-state index in [2.05, 4.69) is 4.72 Å². The fourth-order valence-electron chi connectivity index (χ4n) is 1.74. The summed E-state index contributed by atoms with van der Waals surface area (Å²) in [5.41, 5.74) is -0.274. The minimum absolute atomic E-state index is 0.0392. The van der Waals surface area contributed by atoms with Crippen LogP contribution in [-0.4, -0.2) is 45.1 Å². The molecule has 0 bridgehead atoms. The molecule has 16 heavy (non-hydrogen) atoms. The number of hydrogen-bond donors (Lipinski definition) is 2. The van der Waals surface area contributed by atoms with Crippen LogP contribution in [0.15, 0.2) is 0 Å². The molecule has 5 nitrogen and oxygen atoms in total. The average Bonchev–Trinajstić information content (AvgIpc) is 2.17. The van der Waals surface area contributed by atoms with Gasteiger partial charge in [-0.05, 0) is 32.1 Å². The SMILES string of the molecule is COC1(CNS(=O)(=O)CCCCO)CCC1. The van der Waals surface area contributed by atoms with Gasteiger partial charge in [-0.3, -0.25) is 0 Å². The molecule has 0 heterocycles. The van der Waals surface area contributed by atoms with E-state index in [-0.39, 0.29) is 18.0 Å². The van der Waals surface area contributed by atoms with Gasteiger partial charge in [0.25, 0.3) is 0 Å². The molecular formula is C10H21NO4S. The van der Waals surface area contributed by atoms with E-state index in [0.29, 0.717) is 19.4 Å². The highest BCUT2D eigenvalue weighted by Gasteiger charge is 2.37. The smallest absolute Gasteiger partial charge is 0.211 e. The van der Waals surface area contributed by atoms with Gasteiger partial charge in [0.1, 0.15) is 0 Å². The molecule has 0 spiro atoms. The molecule has 0 aliphatic heterocycles. The van der Waals surface area contributed by atoms with E-state index >= 15 is 0 Å². The Balaban J connectivity index is 2.30. The Hall–Kier alpha value is -0.170. The van der Waals surface area contributed by atoms with Gasteiger partial charge in [0.15, 0.2) is 0 Å². The molecule has 0 aromatic carbocycles. The first-order valence-electron chi connectivity index (χ1n) is 5.67. The van der Waals surface area contributed by atoms with Crippen LogP contribution in [0.2, 0.25) is 0 Å². The van der Waals surface area contributed by atoms with E-state index in [0.717, 1.165) is 19.3 Å². The second-order valence-corrected chi connectivity index (χ2v) is 6.24. The molecule has 1 aliphatic carbocycles. The van der Waals surface area contributed by atoms with Crippen molar-refractivity contribution in [3.8, 4) is 0 Å². The zero-order valence-electron chi connectivity index (χ0n) is 9.74. The number of hydrogen-bond acceptors (Lipinski definition) is 4. The highest BCUT2D eigenvalue weighted by molar-refractivity contribution is 7.89. The zero-order valence-corrected chi connectivity index (χ0v) is 10.6. The first-order chi connectivity index (χ1) is 7.54. The minimum atomic E-state index is -3.21. The van der Waals surface area contributed by atoms with Gasteiger partial charge in [0.2, 0.25) is 10.0 Å². The second-order valence-electron chi connectivity index (χ2n) is 4.31. The predicted molar refractivity (Wildman–Crippen MR) is 61.7 cm³/mol. The lowest BCUT2D eigenvalue weighted by Crippen LogP contribution is -2.49. The van der Waals surface area contributed by atoms with Crippen LogP contribution in [0.3, 0.4) is 0 Å². The number of methoxy groups -OCH3 is 1. The van der Waals surface area contributed by atoms with Crippen LogP contribution < -0.4 is 4.72 Å². The van der Waals surface area contributed by atoms with E-state index in [1.54, 1.807) is 7.11 Å². The molecule has 2 N–H and O–H groups in total.